The average Bonchev–Trinajstić information content (AvgIpc) is 2.85. The number of benzene rings is 1. The number of aryl methyl sites for hydroxylation is 2. The van der Waals surface area contributed by atoms with Gasteiger partial charge in [0.1, 0.15) is 11.5 Å². The summed E-state index contributed by atoms with van der Waals surface area (Å²) < 4.78 is 5.59. The fraction of sp³-hybridized carbons (Fsp3) is 0.267. The summed E-state index contributed by atoms with van der Waals surface area (Å²) in [6.07, 6.45) is 0.869. The molecule has 0 saturated carbocycles. The summed E-state index contributed by atoms with van der Waals surface area (Å²) >= 11 is 0. The van der Waals surface area contributed by atoms with Crippen LogP contribution in [0.4, 0.5) is 5.69 Å². The molecule has 0 aliphatic rings. The molecule has 0 saturated heterocycles. The molecule has 19 heavy (non-hydrogen) atoms. The number of carboxylic acids is 1. The van der Waals surface area contributed by atoms with Crippen LogP contribution in [0.1, 0.15) is 34.4 Å². The van der Waals surface area contributed by atoms with Gasteiger partial charge in [-0.05, 0) is 36.8 Å². The van der Waals surface area contributed by atoms with E-state index in [-0.39, 0.29) is 5.56 Å². The summed E-state index contributed by atoms with van der Waals surface area (Å²) in [6, 6.07) is 8.93. The molecule has 0 spiro atoms. The van der Waals surface area contributed by atoms with Crippen LogP contribution >= 0.6 is 0 Å². The van der Waals surface area contributed by atoms with Crippen LogP contribution in [-0.2, 0) is 13.0 Å². The first-order chi connectivity index (χ1) is 9.10. The number of anilines is 1. The van der Waals surface area contributed by atoms with Crippen molar-refractivity contribution in [3.8, 4) is 0 Å². The summed E-state index contributed by atoms with van der Waals surface area (Å²) in [5.41, 5.74) is 2.10. The Balaban J connectivity index is 2.10. The zero-order chi connectivity index (χ0) is 13.8. The van der Waals surface area contributed by atoms with Gasteiger partial charge in [-0.3, -0.25) is 0 Å². The number of hydrogen-bond acceptors (Lipinski definition) is 3. The lowest BCUT2D eigenvalue weighted by Gasteiger charge is -2.09. The Morgan fingerprint density at radius 2 is 2.00 bits per heavy atom. The molecule has 100 valence electrons. The van der Waals surface area contributed by atoms with Crippen LogP contribution in [0.3, 0.4) is 0 Å². The fourth-order valence-electron chi connectivity index (χ4n) is 1.84. The van der Waals surface area contributed by atoms with E-state index in [0.717, 1.165) is 29.2 Å². The minimum atomic E-state index is -0.922. The fourth-order valence-corrected chi connectivity index (χ4v) is 1.84. The van der Waals surface area contributed by atoms with E-state index in [1.54, 1.807) is 18.2 Å². The highest BCUT2D eigenvalue weighted by atomic mass is 16.4. The van der Waals surface area contributed by atoms with Crippen LogP contribution in [0.15, 0.2) is 34.7 Å². The van der Waals surface area contributed by atoms with E-state index in [1.807, 2.05) is 26.0 Å². The number of carboxylic acid groups (broad SMARTS) is 1. The normalized spacial score (nSPS) is 10.4. The minimum absolute atomic E-state index is 0.279. The molecule has 0 aliphatic carbocycles. The second-order valence-electron chi connectivity index (χ2n) is 4.41. The molecule has 2 rings (SSSR count). The number of hydrogen-bond donors (Lipinski definition) is 2. The molecule has 4 heteroatoms. The second-order valence-corrected chi connectivity index (χ2v) is 4.41. The number of nitrogens with one attached hydrogen (secondary N) is 1. The van der Waals surface area contributed by atoms with Gasteiger partial charge in [0.2, 0.25) is 0 Å². The lowest BCUT2D eigenvalue weighted by molar-refractivity contribution is 0.0697. The van der Waals surface area contributed by atoms with E-state index in [2.05, 4.69) is 5.32 Å². The van der Waals surface area contributed by atoms with Gasteiger partial charge in [0.25, 0.3) is 0 Å². The SMILES string of the molecule is CCc1ccc(CNc2cc(C(=O)O)ccc2C)o1. The quantitative estimate of drug-likeness (QED) is 0.863. The Hall–Kier alpha value is -2.23. The van der Waals surface area contributed by atoms with E-state index in [4.69, 9.17) is 9.52 Å². The Morgan fingerprint density at radius 3 is 2.63 bits per heavy atom. The predicted octanol–water partition coefficient (Wildman–Crippen LogP) is 3.46. The van der Waals surface area contributed by atoms with Gasteiger partial charge < -0.3 is 14.8 Å². The zero-order valence-corrected chi connectivity index (χ0v) is 11.1. The van der Waals surface area contributed by atoms with Crippen LogP contribution in [0.25, 0.3) is 0 Å². The standard InChI is InChI=1S/C15H17NO3/c1-3-12-6-7-13(19-12)9-16-14-8-11(15(17)18)5-4-10(14)2/h4-8,16H,3,9H2,1-2H3,(H,17,18). The van der Waals surface area contributed by atoms with Crippen molar-refractivity contribution in [2.75, 3.05) is 5.32 Å². The molecular formula is C15H17NO3. The first-order valence-electron chi connectivity index (χ1n) is 6.25. The van der Waals surface area contributed by atoms with Gasteiger partial charge in [-0.2, -0.15) is 0 Å². The summed E-state index contributed by atoms with van der Waals surface area (Å²) in [6.45, 7) is 4.52. The van der Waals surface area contributed by atoms with Crippen LogP contribution in [0.5, 0.6) is 0 Å². The summed E-state index contributed by atoms with van der Waals surface area (Å²) in [4.78, 5) is 10.9. The van der Waals surface area contributed by atoms with E-state index in [0.29, 0.717) is 6.54 Å². The molecule has 0 unspecified atom stereocenters. The van der Waals surface area contributed by atoms with Gasteiger partial charge in [-0.15, -0.1) is 0 Å². The highest BCUT2D eigenvalue weighted by Crippen LogP contribution is 2.18. The summed E-state index contributed by atoms with van der Waals surface area (Å²) in [5, 5.41) is 12.2. The third-order valence-electron chi connectivity index (χ3n) is 3.00. The molecule has 0 bridgehead atoms. The van der Waals surface area contributed by atoms with Crippen molar-refractivity contribution in [1.82, 2.24) is 0 Å². The van der Waals surface area contributed by atoms with Gasteiger partial charge in [-0.1, -0.05) is 13.0 Å². The van der Waals surface area contributed by atoms with Gasteiger partial charge in [-0.25, -0.2) is 4.79 Å². The summed E-state index contributed by atoms with van der Waals surface area (Å²) in [5.74, 6) is 0.874. The second kappa shape index (κ2) is 5.61. The first kappa shape index (κ1) is 13.2. The third kappa shape index (κ3) is 3.16. The van der Waals surface area contributed by atoms with E-state index < -0.39 is 5.97 Å². The van der Waals surface area contributed by atoms with Crippen molar-refractivity contribution in [3.05, 3.63) is 53.0 Å². The topological polar surface area (TPSA) is 62.5 Å². The Labute approximate surface area is 112 Å². The first-order valence-corrected chi connectivity index (χ1v) is 6.25. The maximum absolute atomic E-state index is 10.9. The molecule has 2 aromatic rings. The van der Waals surface area contributed by atoms with Crippen molar-refractivity contribution < 1.29 is 14.3 Å². The molecule has 2 N–H and O–H groups in total. The van der Waals surface area contributed by atoms with Crippen molar-refractivity contribution in [3.63, 3.8) is 0 Å². The van der Waals surface area contributed by atoms with Gasteiger partial charge in [0.15, 0.2) is 0 Å². The molecule has 1 aromatic carbocycles. The molecule has 1 heterocycles. The smallest absolute Gasteiger partial charge is 0.335 e. The molecule has 0 aliphatic heterocycles. The van der Waals surface area contributed by atoms with Crippen LogP contribution in [0.2, 0.25) is 0 Å². The Bertz CT molecular complexity index is 587. The average molecular weight is 259 g/mol. The van der Waals surface area contributed by atoms with Crippen LogP contribution in [-0.4, -0.2) is 11.1 Å². The van der Waals surface area contributed by atoms with Crippen LogP contribution < -0.4 is 5.32 Å². The summed E-state index contributed by atoms with van der Waals surface area (Å²) in [7, 11) is 0. The number of aromatic carboxylic acids is 1. The van der Waals surface area contributed by atoms with Gasteiger partial charge in [0, 0.05) is 12.1 Å². The number of carbonyl (C=O) groups is 1. The minimum Gasteiger partial charge on any atom is -0.478 e. The Morgan fingerprint density at radius 1 is 1.26 bits per heavy atom. The molecular weight excluding hydrogens is 242 g/mol. The van der Waals surface area contributed by atoms with E-state index >= 15 is 0 Å². The predicted molar refractivity (Wildman–Crippen MR) is 73.6 cm³/mol. The molecule has 0 fully saturated rings. The molecule has 0 amide bonds. The van der Waals surface area contributed by atoms with E-state index in [1.165, 1.54) is 0 Å². The van der Waals surface area contributed by atoms with Gasteiger partial charge in [0.05, 0.1) is 12.1 Å². The van der Waals surface area contributed by atoms with Crippen LogP contribution in [0, 0.1) is 6.92 Å². The molecule has 4 nitrogen and oxygen atoms in total. The third-order valence-corrected chi connectivity index (χ3v) is 3.00. The monoisotopic (exact) mass is 259 g/mol. The lowest BCUT2D eigenvalue weighted by Crippen LogP contribution is -2.03. The highest BCUT2D eigenvalue weighted by Gasteiger charge is 2.07. The highest BCUT2D eigenvalue weighted by molar-refractivity contribution is 5.89. The number of furan rings is 1. The molecule has 1 aromatic heterocycles. The van der Waals surface area contributed by atoms with Gasteiger partial charge >= 0.3 is 5.97 Å². The Kier molecular flexibility index (Phi) is 3.90. The van der Waals surface area contributed by atoms with Crippen molar-refractivity contribution in [1.29, 1.82) is 0 Å². The molecule has 0 atom stereocenters. The number of rotatable bonds is 5. The van der Waals surface area contributed by atoms with Crippen molar-refractivity contribution >= 4 is 11.7 Å². The maximum atomic E-state index is 10.9. The molecule has 0 radical (unpaired) electrons. The zero-order valence-electron chi connectivity index (χ0n) is 11.1. The van der Waals surface area contributed by atoms with Crippen molar-refractivity contribution in [2.45, 2.75) is 26.8 Å². The maximum Gasteiger partial charge on any atom is 0.335 e. The lowest BCUT2D eigenvalue weighted by atomic mass is 10.1. The van der Waals surface area contributed by atoms with E-state index in [9.17, 15) is 4.79 Å². The largest absolute Gasteiger partial charge is 0.478 e. The van der Waals surface area contributed by atoms with Crippen molar-refractivity contribution in [2.24, 2.45) is 0 Å².